The first-order valence-corrected chi connectivity index (χ1v) is 8.55. The Kier molecular flexibility index (Phi) is 3.91. The topological polar surface area (TPSA) is 94.3 Å². The molecule has 2 atom stereocenters. The molecule has 2 unspecified atom stereocenters. The van der Waals surface area contributed by atoms with E-state index in [2.05, 4.69) is 15.6 Å². The molecule has 1 aromatic heterocycles. The number of nitrogens with zero attached hydrogens (tertiary/aromatic N) is 1. The lowest BCUT2D eigenvalue weighted by molar-refractivity contribution is -0.132. The van der Waals surface area contributed by atoms with E-state index in [-0.39, 0.29) is 36.3 Å². The van der Waals surface area contributed by atoms with E-state index in [1.807, 2.05) is 24.3 Å². The monoisotopic (exact) mass is 340 g/mol. The second-order valence-corrected chi connectivity index (χ2v) is 6.65. The van der Waals surface area contributed by atoms with Gasteiger partial charge < -0.3 is 20.5 Å². The molecule has 0 saturated carbocycles. The van der Waals surface area contributed by atoms with Gasteiger partial charge in [0.05, 0.1) is 6.54 Å². The maximum absolute atomic E-state index is 12.6. The van der Waals surface area contributed by atoms with Crippen LogP contribution < -0.4 is 10.6 Å². The third-order valence-corrected chi connectivity index (χ3v) is 5.04. The van der Waals surface area contributed by atoms with Crippen LogP contribution >= 0.6 is 0 Å². The average molecular weight is 340 g/mol. The van der Waals surface area contributed by atoms with Gasteiger partial charge in [-0.25, -0.2) is 0 Å². The third kappa shape index (κ3) is 2.97. The highest BCUT2D eigenvalue weighted by atomic mass is 16.2. The van der Waals surface area contributed by atoms with Crippen molar-refractivity contribution >= 4 is 28.6 Å². The van der Waals surface area contributed by atoms with Crippen LogP contribution in [0.4, 0.5) is 0 Å². The predicted octanol–water partition coefficient (Wildman–Crippen LogP) is 0.777. The van der Waals surface area contributed by atoms with Gasteiger partial charge in [0.1, 0.15) is 5.69 Å². The summed E-state index contributed by atoms with van der Waals surface area (Å²) in [6, 6.07) is 9.38. The summed E-state index contributed by atoms with van der Waals surface area (Å²) in [6.45, 7) is 0.437. The maximum atomic E-state index is 12.6. The molecule has 0 aliphatic carbocycles. The van der Waals surface area contributed by atoms with Crippen molar-refractivity contribution < 1.29 is 14.4 Å². The Hall–Kier alpha value is -2.83. The van der Waals surface area contributed by atoms with Crippen LogP contribution in [0.25, 0.3) is 10.9 Å². The van der Waals surface area contributed by atoms with Crippen LogP contribution in [0.15, 0.2) is 30.3 Å². The maximum Gasteiger partial charge on any atom is 0.268 e. The summed E-state index contributed by atoms with van der Waals surface area (Å²) in [5.41, 5.74) is 1.32. The number of amides is 3. The number of hydrogen-bond acceptors (Lipinski definition) is 3. The molecule has 2 aliphatic heterocycles. The second kappa shape index (κ2) is 6.23. The number of fused-ring (bicyclic) bond motifs is 3. The molecule has 0 radical (unpaired) electrons. The van der Waals surface area contributed by atoms with Crippen molar-refractivity contribution in [2.45, 2.75) is 31.3 Å². The zero-order valence-electron chi connectivity index (χ0n) is 13.7. The molecule has 0 spiro atoms. The minimum Gasteiger partial charge on any atom is -0.354 e. The van der Waals surface area contributed by atoms with Gasteiger partial charge in [-0.1, -0.05) is 18.2 Å². The van der Waals surface area contributed by atoms with Gasteiger partial charge in [0, 0.05) is 36.0 Å². The summed E-state index contributed by atoms with van der Waals surface area (Å²) >= 11 is 0. The van der Waals surface area contributed by atoms with E-state index >= 15 is 0 Å². The Balaban J connectivity index is 1.41. The Labute approximate surface area is 144 Å². The van der Waals surface area contributed by atoms with E-state index < -0.39 is 0 Å². The highest BCUT2D eigenvalue weighted by Crippen LogP contribution is 2.28. The van der Waals surface area contributed by atoms with E-state index in [1.165, 1.54) is 0 Å². The second-order valence-electron chi connectivity index (χ2n) is 6.65. The zero-order chi connectivity index (χ0) is 17.4. The van der Waals surface area contributed by atoms with Crippen molar-refractivity contribution in [3.8, 4) is 0 Å². The summed E-state index contributed by atoms with van der Waals surface area (Å²) in [5.74, 6) is -0.443. The summed E-state index contributed by atoms with van der Waals surface area (Å²) in [4.78, 5) is 41.4. The molecule has 2 fully saturated rings. The van der Waals surface area contributed by atoms with Crippen molar-refractivity contribution in [1.82, 2.24) is 20.5 Å². The van der Waals surface area contributed by atoms with Crippen LogP contribution in [0.1, 0.15) is 29.8 Å². The number of aromatic amines is 1. The number of para-hydroxylation sites is 1. The molecule has 2 aliphatic rings. The molecule has 1 aromatic carbocycles. The van der Waals surface area contributed by atoms with Crippen molar-refractivity contribution in [2.24, 2.45) is 0 Å². The number of hydrogen-bond donors (Lipinski definition) is 3. The number of rotatable bonds is 3. The molecule has 2 bridgehead atoms. The van der Waals surface area contributed by atoms with Crippen LogP contribution in [0, 0.1) is 0 Å². The molecule has 4 rings (SSSR count). The standard InChI is InChI=1S/C18H20N4O3/c23-16-8-12-5-6-13(9-19-16)22(12)17(24)10-20-18(25)15-7-11-3-1-2-4-14(11)21-15/h1-4,7,12-13,21H,5-6,8-10H2,(H,19,23)(H,20,25). The summed E-state index contributed by atoms with van der Waals surface area (Å²) < 4.78 is 0. The molecule has 3 heterocycles. The largest absolute Gasteiger partial charge is 0.354 e. The lowest BCUT2D eigenvalue weighted by atomic mass is 10.1. The fourth-order valence-corrected chi connectivity index (χ4v) is 3.83. The molecule has 2 aromatic rings. The number of carbonyl (C=O) groups excluding carboxylic acids is 3. The number of aromatic nitrogens is 1. The SMILES string of the molecule is O=C1CC2CCC(CN1)N2C(=O)CNC(=O)c1cc2ccccc2[nH]1. The highest BCUT2D eigenvalue weighted by Gasteiger charge is 2.40. The van der Waals surface area contributed by atoms with Crippen LogP contribution in [-0.2, 0) is 9.59 Å². The third-order valence-electron chi connectivity index (χ3n) is 5.04. The summed E-state index contributed by atoms with van der Waals surface area (Å²) in [6.07, 6.45) is 2.09. The van der Waals surface area contributed by atoms with Crippen LogP contribution in [-0.4, -0.2) is 52.8 Å². The Morgan fingerprint density at radius 1 is 1.20 bits per heavy atom. The summed E-state index contributed by atoms with van der Waals surface area (Å²) in [5, 5.41) is 6.48. The number of carbonyl (C=O) groups is 3. The number of benzene rings is 1. The Bertz CT molecular complexity index is 811. The highest BCUT2D eigenvalue weighted by molar-refractivity contribution is 5.99. The molecule has 3 amide bonds. The van der Waals surface area contributed by atoms with Crippen LogP contribution in [0.5, 0.6) is 0 Å². The molecule has 2 saturated heterocycles. The summed E-state index contributed by atoms with van der Waals surface area (Å²) in [7, 11) is 0. The van der Waals surface area contributed by atoms with Gasteiger partial charge in [-0.05, 0) is 25.0 Å². The van der Waals surface area contributed by atoms with Crippen LogP contribution in [0.3, 0.4) is 0 Å². The number of nitrogens with one attached hydrogen (secondary N) is 3. The number of H-pyrrole nitrogens is 1. The van der Waals surface area contributed by atoms with E-state index in [0.717, 1.165) is 23.7 Å². The van der Waals surface area contributed by atoms with Gasteiger partial charge in [0.25, 0.3) is 5.91 Å². The normalized spacial score (nSPS) is 22.6. The smallest absolute Gasteiger partial charge is 0.268 e. The zero-order valence-corrected chi connectivity index (χ0v) is 13.7. The average Bonchev–Trinajstić information content (AvgIpc) is 3.16. The van der Waals surface area contributed by atoms with Crippen LogP contribution in [0.2, 0.25) is 0 Å². The predicted molar refractivity (Wildman–Crippen MR) is 91.9 cm³/mol. The van der Waals surface area contributed by atoms with E-state index in [1.54, 1.807) is 11.0 Å². The minimum atomic E-state index is -0.305. The Morgan fingerprint density at radius 2 is 2.00 bits per heavy atom. The fourth-order valence-electron chi connectivity index (χ4n) is 3.83. The van der Waals surface area contributed by atoms with Crippen molar-refractivity contribution in [2.75, 3.05) is 13.1 Å². The van der Waals surface area contributed by atoms with Gasteiger partial charge >= 0.3 is 0 Å². The minimum absolute atomic E-state index is 0.00730. The van der Waals surface area contributed by atoms with E-state index in [4.69, 9.17) is 0 Å². The van der Waals surface area contributed by atoms with E-state index in [9.17, 15) is 14.4 Å². The molecular formula is C18H20N4O3. The van der Waals surface area contributed by atoms with Gasteiger partial charge in [0.15, 0.2) is 0 Å². The first-order valence-electron chi connectivity index (χ1n) is 8.55. The fraction of sp³-hybridized carbons (Fsp3) is 0.389. The molecule has 7 nitrogen and oxygen atoms in total. The van der Waals surface area contributed by atoms with Gasteiger partial charge in [-0.15, -0.1) is 0 Å². The first-order chi connectivity index (χ1) is 12.1. The van der Waals surface area contributed by atoms with Crippen molar-refractivity contribution in [3.05, 3.63) is 36.0 Å². The Morgan fingerprint density at radius 3 is 2.84 bits per heavy atom. The van der Waals surface area contributed by atoms with Gasteiger partial charge in [0.2, 0.25) is 11.8 Å². The van der Waals surface area contributed by atoms with Crippen molar-refractivity contribution in [1.29, 1.82) is 0 Å². The first kappa shape index (κ1) is 15.7. The van der Waals surface area contributed by atoms with E-state index in [0.29, 0.717) is 18.7 Å². The molecule has 25 heavy (non-hydrogen) atoms. The van der Waals surface area contributed by atoms with Gasteiger partial charge in [-0.3, -0.25) is 14.4 Å². The molecule has 130 valence electrons. The van der Waals surface area contributed by atoms with Gasteiger partial charge in [-0.2, -0.15) is 0 Å². The lowest BCUT2D eigenvalue weighted by Gasteiger charge is -2.27. The molecular weight excluding hydrogens is 320 g/mol. The molecule has 3 N–H and O–H groups in total. The quantitative estimate of drug-likeness (QED) is 0.770. The molecule has 7 heteroatoms. The van der Waals surface area contributed by atoms with Crippen molar-refractivity contribution in [3.63, 3.8) is 0 Å². The lowest BCUT2D eigenvalue weighted by Crippen LogP contribution is -2.47.